The maximum Gasteiger partial charge on any atom is 0.267 e. The van der Waals surface area contributed by atoms with Crippen LogP contribution in [0.2, 0.25) is 0 Å². The summed E-state index contributed by atoms with van der Waals surface area (Å²) in [5.41, 5.74) is 3.21. The lowest BCUT2D eigenvalue weighted by Crippen LogP contribution is -2.26. The fourth-order valence-electron chi connectivity index (χ4n) is 3.36. The Kier molecular flexibility index (Phi) is 4.27. The molecule has 0 aliphatic carbocycles. The van der Waals surface area contributed by atoms with Crippen molar-refractivity contribution in [3.05, 3.63) is 40.0 Å². The van der Waals surface area contributed by atoms with E-state index in [0.717, 1.165) is 53.1 Å². The normalized spacial score (nSPS) is 15.6. The zero-order valence-electron chi connectivity index (χ0n) is 14.3. The van der Waals surface area contributed by atoms with Crippen molar-refractivity contribution in [3.8, 4) is 0 Å². The van der Waals surface area contributed by atoms with Crippen LogP contribution < -0.4 is 10.6 Å². The molecule has 7 heteroatoms. The number of nitrogens with one attached hydrogen (secondary N) is 3. The second kappa shape index (κ2) is 6.57. The van der Waals surface area contributed by atoms with Gasteiger partial charge in [0.2, 0.25) is 0 Å². The van der Waals surface area contributed by atoms with Gasteiger partial charge in [-0.3, -0.25) is 9.89 Å². The molecule has 1 fully saturated rings. The first-order valence-electron chi connectivity index (χ1n) is 8.55. The summed E-state index contributed by atoms with van der Waals surface area (Å²) < 4.78 is 0. The maximum atomic E-state index is 12.6. The molecule has 0 atom stereocenters. The quantitative estimate of drug-likeness (QED) is 0.673. The van der Waals surface area contributed by atoms with Gasteiger partial charge in [0.05, 0.1) is 4.88 Å². The van der Waals surface area contributed by atoms with E-state index in [0.29, 0.717) is 16.6 Å². The Morgan fingerprint density at radius 2 is 2.04 bits per heavy atom. The molecule has 0 radical (unpaired) electrons. The van der Waals surface area contributed by atoms with Gasteiger partial charge in [-0.25, -0.2) is 4.98 Å². The summed E-state index contributed by atoms with van der Waals surface area (Å²) in [7, 11) is 0. The van der Waals surface area contributed by atoms with Crippen molar-refractivity contribution < 1.29 is 4.79 Å². The lowest BCUT2D eigenvalue weighted by Gasteiger charge is -2.20. The number of aromatic nitrogens is 3. The summed E-state index contributed by atoms with van der Waals surface area (Å²) in [4.78, 5) is 18.7. The van der Waals surface area contributed by atoms with Gasteiger partial charge in [0.1, 0.15) is 4.83 Å². The Balaban J connectivity index is 1.52. The smallest absolute Gasteiger partial charge is 0.267 e. The van der Waals surface area contributed by atoms with Crippen LogP contribution in [0.25, 0.3) is 10.2 Å². The predicted octanol–water partition coefficient (Wildman–Crippen LogP) is 3.36. The fourth-order valence-corrected chi connectivity index (χ4v) is 4.41. The summed E-state index contributed by atoms with van der Waals surface area (Å²) in [5, 5.41) is 14.6. The highest BCUT2D eigenvalue weighted by Crippen LogP contribution is 2.28. The van der Waals surface area contributed by atoms with Crippen LogP contribution in [0, 0.1) is 13.8 Å². The van der Waals surface area contributed by atoms with Crippen molar-refractivity contribution in [2.75, 3.05) is 18.4 Å². The lowest BCUT2D eigenvalue weighted by molar-refractivity contribution is 0.103. The molecule has 4 heterocycles. The summed E-state index contributed by atoms with van der Waals surface area (Å²) in [6.45, 7) is 6.07. The number of thiophene rings is 1. The maximum absolute atomic E-state index is 12.6. The van der Waals surface area contributed by atoms with Gasteiger partial charge in [-0.2, -0.15) is 5.10 Å². The van der Waals surface area contributed by atoms with Crippen molar-refractivity contribution in [3.63, 3.8) is 0 Å². The number of hydrogen-bond acceptors (Lipinski definition) is 5. The summed E-state index contributed by atoms with van der Waals surface area (Å²) in [6, 6.07) is 5.90. The van der Waals surface area contributed by atoms with Crippen LogP contribution in [0.5, 0.6) is 0 Å². The second-order valence-electron chi connectivity index (χ2n) is 6.60. The Hall–Kier alpha value is -2.25. The van der Waals surface area contributed by atoms with E-state index in [1.165, 1.54) is 11.3 Å². The van der Waals surface area contributed by atoms with Gasteiger partial charge >= 0.3 is 0 Å². The predicted molar refractivity (Wildman–Crippen MR) is 100 cm³/mol. The van der Waals surface area contributed by atoms with Crippen molar-refractivity contribution in [2.24, 2.45) is 0 Å². The van der Waals surface area contributed by atoms with E-state index in [1.54, 1.807) is 0 Å². The largest absolute Gasteiger partial charge is 0.317 e. The molecule has 130 valence electrons. The van der Waals surface area contributed by atoms with Crippen LogP contribution in [-0.4, -0.2) is 34.2 Å². The Labute approximate surface area is 150 Å². The standard InChI is InChI=1S/C18H21N5OS/c1-10-7-11(2)20-18-13(10)8-15(25-18)17(24)21-16-9-14(22-23-16)12-3-5-19-6-4-12/h7-9,12,19H,3-6H2,1-2H3,(H2,21,22,23,24). The number of aryl methyl sites for hydroxylation is 2. The molecule has 0 aromatic carbocycles. The number of anilines is 1. The minimum absolute atomic E-state index is 0.136. The van der Waals surface area contributed by atoms with E-state index in [4.69, 9.17) is 0 Å². The number of carbonyl (C=O) groups excluding carboxylic acids is 1. The molecule has 0 saturated carbocycles. The molecule has 4 rings (SSSR count). The van der Waals surface area contributed by atoms with Crippen molar-refractivity contribution in [2.45, 2.75) is 32.6 Å². The van der Waals surface area contributed by atoms with Gasteiger partial charge < -0.3 is 10.6 Å². The van der Waals surface area contributed by atoms with Crippen molar-refractivity contribution >= 4 is 33.3 Å². The van der Waals surface area contributed by atoms with Gasteiger partial charge in [0, 0.05) is 28.8 Å². The first-order chi connectivity index (χ1) is 12.1. The third kappa shape index (κ3) is 3.29. The molecule has 1 saturated heterocycles. The number of piperidine rings is 1. The molecule has 3 N–H and O–H groups in total. The Morgan fingerprint density at radius 3 is 2.84 bits per heavy atom. The van der Waals surface area contributed by atoms with Crippen LogP contribution in [0.4, 0.5) is 5.82 Å². The summed E-state index contributed by atoms with van der Waals surface area (Å²) in [6.07, 6.45) is 2.19. The third-order valence-corrected chi connectivity index (χ3v) is 5.71. The second-order valence-corrected chi connectivity index (χ2v) is 7.63. The Bertz CT molecular complexity index is 923. The van der Waals surface area contributed by atoms with E-state index in [-0.39, 0.29) is 5.91 Å². The number of fused-ring (bicyclic) bond motifs is 1. The number of aromatic amines is 1. The van der Waals surface area contributed by atoms with Crippen molar-refractivity contribution in [1.29, 1.82) is 0 Å². The number of hydrogen-bond donors (Lipinski definition) is 3. The van der Waals surface area contributed by atoms with Crippen molar-refractivity contribution in [1.82, 2.24) is 20.5 Å². The zero-order chi connectivity index (χ0) is 17.4. The number of H-pyrrole nitrogens is 1. The van der Waals surface area contributed by atoms with E-state index in [1.807, 2.05) is 32.0 Å². The molecule has 1 amide bonds. The van der Waals surface area contributed by atoms with Crippen LogP contribution >= 0.6 is 11.3 Å². The van der Waals surface area contributed by atoms with Gasteiger partial charge in [0.15, 0.2) is 5.82 Å². The first kappa shape index (κ1) is 16.2. The lowest BCUT2D eigenvalue weighted by atomic mass is 9.95. The van der Waals surface area contributed by atoms with Gasteiger partial charge in [-0.15, -0.1) is 11.3 Å². The third-order valence-electron chi connectivity index (χ3n) is 4.68. The molecule has 3 aromatic heterocycles. The van der Waals surface area contributed by atoms with E-state index >= 15 is 0 Å². The summed E-state index contributed by atoms with van der Waals surface area (Å²) in [5.74, 6) is 0.929. The molecule has 3 aromatic rings. The number of carbonyl (C=O) groups is 1. The molecule has 1 aliphatic rings. The topological polar surface area (TPSA) is 82.7 Å². The number of rotatable bonds is 3. The van der Waals surface area contributed by atoms with Gasteiger partial charge in [-0.05, 0) is 57.5 Å². The van der Waals surface area contributed by atoms with E-state index in [9.17, 15) is 4.79 Å². The molecule has 1 aliphatic heterocycles. The highest BCUT2D eigenvalue weighted by molar-refractivity contribution is 7.20. The average Bonchev–Trinajstić information content (AvgIpc) is 3.22. The highest BCUT2D eigenvalue weighted by atomic mass is 32.1. The van der Waals surface area contributed by atoms with Gasteiger partial charge in [0.25, 0.3) is 5.91 Å². The Morgan fingerprint density at radius 1 is 1.24 bits per heavy atom. The number of nitrogens with zero attached hydrogens (tertiary/aromatic N) is 2. The van der Waals surface area contributed by atoms with E-state index in [2.05, 4.69) is 25.8 Å². The fraction of sp³-hybridized carbons (Fsp3) is 0.389. The highest BCUT2D eigenvalue weighted by Gasteiger charge is 2.19. The average molecular weight is 355 g/mol. The summed E-state index contributed by atoms with van der Waals surface area (Å²) >= 11 is 1.42. The minimum atomic E-state index is -0.136. The number of pyridine rings is 1. The monoisotopic (exact) mass is 355 g/mol. The number of amides is 1. The zero-order valence-corrected chi connectivity index (χ0v) is 15.2. The van der Waals surface area contributed by atoms with Gasteiger partial charge in [-0.1, -0.05) is 0 Å². The molecule has 6 nitrogen and oxygen atoms in total. The molecule has 25 heavy (non-hydrogen) atoms. The van der Waals surface area contributed by atoms with Crippen LogP contribution in [-0.2, 0) is 0 Å². The van der Waals surface area contributed by atoms with Crippen LogP contribution in [0.3, 0.4) is 0 Å². The van der Waals surface area contributed by atoms with Crippen LogP contribution in [0.1, 0.15) is 45.4 Å². The molecular formula is C18H21N5OS. The molecule has 0 spiro atoms. The van der Waals surface area contributed by atoms with Crippen LogP contribution in [0.15, 0.2) is 18.2 Å². The molecule has 0 bridgehead atoms. The SMILES string of the molecule is Cc1cc(C)c2cc(C(=O)Nc3cc(C4CCNCC4)[nH]n3)sc2n1. The molecule has 0 unspecified atom stereocenters. The van der Waals surface area contributed by atoms with E-state index < -0.39 is 0 Å². The first-order valence-corrected chi connectivity index (χ1v) is 9.37. The molecular weight excluding hydrogens is 334 g/mol. The minimum Gasteiger partial charge on any atom is -0.317 e.